The van der Waals surface area contributed by atoms with E-state index in [-0.39, 0.29) is 0 Å². The van der Waals surface area contributed by atoms with Crippen molar-refractivity contribution in [2.45, 2.75) is 0 Å². The molecule has 0 aliphatic carbocycles. The van der Waals surface area contributed by atoms with Crippen LogP contribution in [0.2, 0.25) is 0 Å². The van der Waals surface area contributed by atoms with Crippen LogP contribution in [0.15, 0.2) is 95.5 Å². The third-order valence-corrected chi connectivity index (χ3v) is 6.14. The molecule has 0 atom stereocenters. The number of halogens is 1. The van der Waals surface area contributed by atoms with Gasteiger partial charge in [0.1, 0.15) is 0 Å². The molecule has 0 aromatic heterocycles. The van der Waals surface area contributed by atoms with Crippen molar-refractivity contribution in [1.82, 2.24) is 0 Å². The van der Waals surface area contributed by atoms with E-state index in [0.29, 0.717) is 0 Å². The second kappa shape index (κ2) is 5.55. The van der Waals surface area contributed by atoms with Crippen molar-refractivity contribution in [2.24, 2.45) is 0 Å². The van der Waals surface area contributed by atoms with Crippen LogP contribution >= 0.6 is 15.9 Å². The standard InChI is InChI=1S/C26H15Br/c27-22-11-8-19-14-21(7-6-20(19)15-22)23-12-9-18-5-4-16-2-1-3-17-10-13-24(23)26(18)25(16)17/h1-15H. The molecule has 0 amide bonds. The Bertz CT molecular complexity index is 1460. The van der Waals surface area contributed by atoms with Gasteiger partial charge in [-0.3, -0.25) is 0 Å². The summed E-state index contributed by atoms with van der Waals surface area (Å²) < 4.78 is 1.12. The van der Waals surface area contributed by atoms with Gasteiger partial charge in [-0.15, -0.1) is 0 Å². The highest BCUT2D eigenvalue weighted by Gasteiger charge is 2.12. The molecule has 126 valence electrons. The largest absolute Gasteiger partial charge is 0.0610 e. The summed E-state index contributed by atoms with van der Waals surface area (Å²) in [6.07, 6.45) is 0. The molecule has 0 unspecified atom stereocenters. The average Bonchev–Trinajstić information content (AvgIpc) is 2.71. The van der Waals surface area contributed by atoms with E-state index >= 15 is 0 Å². The second-order valence-electron chi connectivity index (χ2n) is 7.18. The Hall–Kier alpha value is -2.90. The molecule has 6 aromatic rings. The molecule has 0 aliphatic heterocycles. The lowest BCUT2D eigenvalue weighted by Crippen LogP contribution is -1.87. The monoisotopic (exact) mass is 406 g/mol. The lowest BCUT2D eigenvalue weighted by Gasteiger charge is -2.14. The first-order valence-electron chi connectivity index (χ1n) is 9.14. The zero-order valence-corrected chi connectivity index (χ0v) is 16.1. The lowest BCUT2D eigenvalue weighted by molar-refractivity contribution is 1.68. The molecule has 6 rings (SSSR count). The van der Waals surface area contributed by atoms with Gasteiger partial charge in [0, 0.05) is 4.47 Å². The second-order valence-corrected chi connectivity index (χ2v) is 8.09. The fourth-order valence-corrected chi connectivity index (χ4v) is 4.75. The first-order valence-corrected chi connectivity index (χ1v) is 9.93. The maximum absolute atomic E-state index is 3.57. The Morgan fingerprint density at radius 1 is 0.481 bits per heavy atom. The molecular formula is C26H15Br. The van der Waals surface area contributed by atoms with Crippen molar-refractivity contribution >= 4 is 59.0 Å². The SMILES string of the molecule is Brc1ccc2cc(-c3ccc4ccc5cccc6ccc3c4c56)ccc2c1. The average molecular weight is 407 g/mol. The predicted molar refractivity (Wildman–Crippen MR) is 121 cm³/mol. The fourth-order valence-electron chi connectivity index (χ4n) is 4.37. The highest BCUT2D eigenvalue weighted by Crippen LogP contribution is 2.39. The summed E-state index contributed by atoms with van der Waals surface area (Å²) in [7, 11) is 0. The third kappa shape index (κ3) is 2.22. The van der Waals surface area contributed by atoms with E-state index in [1.54, 1.807) is 0 Å². The molecule has 0 fully saturated rings. The predicted octanol–water partition coefficient (Wildman–Crippen LogP) is 8.17. The maximum atomic E-state index is 3.57. The molecule has 27 heavy (non-hydrogen) atoms. The summed E-state index contributed by atoms with van der Waals surface area (Å²) in [5.41, 5.74) is 2.56. The lowest BCUT2D eigenvalue weighted by atomic mass is 9.89. The summed E-state index contributed by atoms with van der Waals surface area (Å²) in [5, 5.41) is 10.5. The number of hydrogen-bond acceptors (Lipinski definition) is 0. The Morgan fingerprint density at radius 3 is 1.96 bits per heavy atom. The summed E-state index contributed by atoms with van der Waals surface area (Å²) in [6.45, 7) is 0. The van der Waals surface area contributed by atoms with E-state index in [4.69, 9.17) is 0 Å². The van der Waals surface area contributed by atoms with Gasteiger partial charge < -0.3 is 0 Å². The van der Waals surface area contributed by atoms with Crippen molar-refractivity contribution in [3.8, 4) is 11.1 Å². The van der Waals surface area contributed by atoms with Gasteiger partial charge in [0.25, 0.3) is 0 Å². The number of hydrogen-bond donors (Lipinski definition) is 0. The van der Waals surface area contributed by atoms with Crippen LogP contribution in [-0.2, 0) is 0 Å². The van der Waals surface area contributed by atoms with Crippen molar-refractivity contribution in [3.63, 3.8) is 0 Å². The van der Waals surface area contributed by atoms with Crippen LogP contribution < -0.4 is 0 Å². The van der Waals surface area contributed by atoms with E-state index in [1.165, 1.54) is 54.2 Å². The number of benzene rings is 6. The van der Waals surface area contributed by atoms with Gasteiger partial charge in [0.2, 0.25) is 0 Å². The molecule has 0 aliphatic rings. The van der Waals surface area contributed by atoms with E-state index in [2.05, 4.69) is 107 Å². The van der Waals surface area contributed by atoms with Crippen molar-refractivity contribution in [1.29, 1.82) is 0 Å². The topological polar surface area (TPSA) is 0 Å². The molecular weight excluding hydrogens is 392 g/mol. The van der Waals surface area contributed by atoms with Crippen LogP contribution in [-0.4, -0.2) is 0 Å². The van der Waals surface area contributed by atoms with E-state index in [0.717, 1.165) is 4.47 Å². The van der Waals surface area contributed by atoms with Gasteiger partial charge in [-0.2, -0.15) is 0 Å². The zero-order chi connectivity index (χ0) is 18.0. The summed E-state index contributed by atoms with van der Waals surface area (Å²) in [6, 6.07) is 33.3. The molecule has 0 saturated heterocycles. The number of fused-ring (bicyclic) bond motifs is 1. The van der Waals surface area contributed by atoms with Crippen LogP contribution in [0.3, 0.4) is 0 Å². The highest BCUT2D eigenvalue weighted by molar-refractivity contribution is 9.10. The summed E-state index contributed by atoms with van der Waals surface area (Å²) in [4.78, 5) is 0. The van der Waals surface area contributed by atoms with Crippen LogP contribution in [0, 0.1) is 0 Å². The van der Waals surface area contributed by atoms with Gasteiger partial charge in [0.15, 0.2) is 0 Å². The summed E-state index contributed by atoms with van der Waals surface area (Å²) >= 11 is 3.57. The van der Waals surface area contributed by atoms with Crippen molar-refractivity contribution in [2.75, 3.05) is 0 Å². The van der Waals surface area contributed by atoms with Crippen LogP contribution in [0.5, 0.6) is 0 Å². The first-order chi connectivity index (χ1) is 13.3. The minimum absolute atomic E-state index is 1.12. The van der Waals surface area contributed by atoms with Gasteiger partial charge in [-0.1, -0.05) is 88.7 Å². The molecule has 0 bridgehead atoms. The van der Waals surface area contributed by atoms with Crippen LogP contribution in [0.4, 0.5) is 0 Å². The molecule has 0 nitrogen and oxygen atoms in total. The van der Waals surface area contributed by atoms with Crippen molar-refractivity contribution in [3.05, 3.63) is 95.5 Å². The maximum Gasteiger partial charge on any atom is 0.0181 e. The van der Waals surface area contributed by atoms with E-state index in [9.17, 15) is 0 Å². The molecule has 0 radical (unpaired) electrons. The Labute approximate surface area is 165 Å². The Morgan fingerprint density at radius 2 is 1.11 bits per heavy atom. The smallest absolute Gasteiger partial charge is 0.0181 e. The fraction of sp³-hybridized carbons (Fsp3) is 0. The minimum Gasteiger partial charge on any atom is -0.0610 e. The Balaban J connectivity index is 1.71. The van der Waals surface area contributed by atoms with E-state index < -0.39 is 0 Å². The quantitative estimate of drug-likeness (QED) is 0.241. The highest BCUT2D eigenvalue weighted by atomic mass is 79.9. The normalized spacial score (nSPS) is 11.9. The summed E-state index contributed by atoms with van der Waals surface area (Å²) in [5.74, 6) is 0. The third-order valence-electron chi connectivity index (χ3n) is 5.64. The molecule has 1 heteroatoms. The molecule has 0 N–H and O–H groups in total. The van der Waals surface area contributed by atoms with Crippen LogP contribution in [0.1, 0.15) is 0 Å². The minimum atomic E-state index is 1.12. The van der Waals surface area contributed by atoms with Gasteiger partial charge in [-0.05, 0) is 72.4 Å². The van der Waals surface area contributed by atoms with Crippen LogP contribution in [0.25, 0.3) is 54.2 Å². The molecule has 0 saturated carbocycles. The van der Waals surface area contributed by atoms with Gasteiger partial charge in [-0.25, -0.2) is 0 Å². The van der Waals surface area contributed by atoms with Gasteiger partial charge >= 0.3 is 0 Å². The molecule has 0 spiro atoms. The zero-order valence-electron chi connectivity index (χ0n) is 14.5. The number of rotatable bonds is 1. The van der Waals surface area contributed by atoms with Crippen molar-refractivity contribution < 1.29 is 0 Å². The first kappa shape index (κ1) is 15.2. The Kier molecular flexibility index (Phi) is 3.12. The van der Waals surface area contributed by atoms with Gasteiger partial charge in [0.05, 0.1) is 0 Å². The molecule has 6 aromatic carbocycles. The van der Waals surface area contributed by atoms with E-state index in [1.807, 2.05) is 0 Å². The molecule has 0 heterocycles.